The quantitative estimate of drug-likeness (QED) is 0.587. The largest absolute Gasteiger partial charge is 0.354 e. The van der Waals surface area contributed by atoms with Crippen LogP contribution in [0.25, 0.3) is 0 Å². The van der Waals surface area contributed by atoms with Crippen molar-refractivity contribution in [1.82, 2.24) is 5.32 Å². The maximum Gasteiger partial charge on any atom is 0.175 e. The van der Waals surface area contributed by atoms with Crippen LogP contribution in [0.5, 0.6) is 0 Å². The lowest BCUT2D eigenvalue weighted by Gasteiger charge is -2.35. The van der Waals surface area contributed by atoms with Crippen molar-refractivity contribution < 1.29 is 9.47 Å². The highest BCUT2D eigenvalue weighted by atomic mass is 16.7. The van der Waals surface area contributed by atoms with Crippen molar-refractivity contribution in [3.05, 3.63) is 0 Å². The fraction of sp³-hybridized carbons (Fsp3) is 1.00. The SMILES string of the molecule is COC(OC)C(C)(CN)NCCC1CC1. The summed E-state index contributed by atoms with van der Waals surface area (Å²) in [4.78, 5) is 0. The summed E-state index contributed by atoms with van der Waals surface area (Å²) in [6.07, 6.45) is 3.72. The predicted molar refractivity (Wildman–Crippen MR) is 60.6 cm³/mol. The predicted octanol–water partition coefficient (Wildman–Crippen LogP) is 0.712. The molecule has 3 N–H and O–H groups in total. The van der Waals surface area contributed by atoms with E-state index in [1.165, 1.54) is 19.3 Å². The number of methoxy groups -OCH3 is 2. The molecule has 1 unspecified atom stereocenters. The van der Waals surface area contributed by atoms with E-state index >= 15 is 0 Å². The van der Waals surface area contributed by atoms with E-state index in [1.54, 1.807) is 14.2 Å². The fourth-order valence-electron chi connectivity index (χ4n) is 1.84. The van der Waals surface area contributed by atoms with Crippen LogP contribution in [0.1, 0.15) is 26.2 Å². The van der Waals surface area contributed by atoms with Gasteiger partial charge in [-0.15, -0.1) is 0 Å². The van der Waals surface area contributed by atoms with Crippen molar-refractivity contribution in [2.24, 2.45) is 11.7 Å². The molecular formula is C11H24N2O2. The van der Waals surface area contributed by atoms with E-state index in [2.05, 4.69) is 5.32 Å². The van der Waals surface area contributed by atoms with Gasteiger partial charge in [0.05, 0.1) is 5.54 Å². The van der Waals surface area contributed by atoms with E-state index in [4.69, 9.17) is 15.2 Å². The lowest BCUT2D eigenvalue weighted by molar-refractivity contribution is -0.149. The van der Waals surface area contributed by atoms with Crippen LogP contribution in [0.4, 0.5) is 0 Å². The van der Waals surface area contributed by atoms with Gasteiger partial charge in [0.2, 0.25) is 0 Å². The van der Waals surface area contributed by atoms with E-state index in [0.717, 1.165) is 12.5 Å². The molecule has 4 heteroatoms. The molecule has 1 fully saturated rings. The summed E-state index contributed by atoms with van der Waals surface area (Å²) in [5, 5.41) is 3.44. The summed E-state index contributed by atoms with van der Waals surface area (Å²) in [7, 11) is 3.29. The molecule has 0 bridgehead atoms. The second-order valence-corrected chi connectivity index (χ2v) is 4.58. The van der Waals surface area contributed by atoms with Gasteiger partial charge in [-0.2, -0.15) is 0 Å². The Morgan fingerprint density at radius 2 is 2.00 bits per heavy atom. The molecule has 1 atom stereocenters. The van der Waals surface area contributed by atoms with Crippen LogP contribution in [0.15, 0.2) is 0 Å². The number of ether oxygens (including phenoxy) is 2. The molecule has 15 heavy (non-hydrogen) atoms. The second kappa shape index (κ2) is 5.80. The normalized spacial score (nSPS) is 20.6. The third-order valence-corrected chi connectivity index (χ3v) is 3.15. The Hall–Kier alpha value is -0.160. The number of nitrogens with two attached hydrogens (primary N) is 1. The van der Waals surface area contributed by atoms with Gasteiger partial charge in [-0.25, -0.2) is 0 Å². The third kappa shape index (κ3) is 3.72. The zero-order valence-corrected chi connectivity index (χ0v) is 10.1. The highest BCUT2D eigenvalue weighted by molar-refractivity contribution is 4.88. The molecule has 1 rings (SSSR count). The fourth-order valence-corrected chi connectivity index (χ4v) is 1.84. The molecule has 0 aromatic carbocycles. The molecule has 0 saturated heterocycles. The van der Waals surface area contributed by atoms with Crippen LogP contribution in [0.3, 0.4) is 0 Å². The number of rotatable bonds is 8. The Labute approximate surface area is 92.5 Å². The van der Waals surface area contributed by atoms with E-state index in [9.17, 15) is 0 Å². The number of nitrogens with one attached hydrogen (secondary N) is 1. The molecule has 1 saturated carbocycles. The summed E-state index contributed by atoms with van der Waals surface area (Å²) >= 11 is 0. The Kier molecular flexibility index (Phi) is 4.99. The second-order valence-electron chi connectivity index (χ2n) is 4.58. The Balaban J connectivity index is 2.34. The first-order valence-electron chi connectivity index (χ1n) is 5.67. The van der Waals surface area contributed by atoms with Gasteiger partial charge in [0.25, 0.3) is 0 Å². The number of hydrogen-bond acceptors (Lipinski definition) is 4. The molecule has 0 aromatic heterocycles. The first kappa shape index (κ1) is 12.9. The summed E-state index contributed by atoms with van der Waals surface area (Å²) < 4.78 is 10.5. The standard InChI is InChI=1S/C11H24N2O2/c1-11(8-12,10(14-2)15-3)13-7-6-9-4-5-9/h9-10,13H,4-8,12H2,1-3H3. The van der Waals surface area contributed by atoms with Gasteiger partial charge < -0.3 is 20.5 Å². The van der Waals surface area contributed by atoms with Gasteiger partial charge in [-0.3, -0.25) is 0 Å². The van der Waals surface area contributed by atoms with Crippen molar-refractivity contribution >= 4 is 0 Å². The molecule has 0 spiro atoms. The van der Waals surface area contributed by atoms with Crippen LogP contribution in [-0.4, -0.2) is 39.1 Å². The zero-order chi connectivity index (χ0) is 11.3. The average Bonchev–Trinajstić information content (AvgIpc) is 3.03. The minimum atomic E-state index is -0.293. The third-order valence-electron chi connectivity index (χ3n) is 3.15. The molecular weight excluding hydrogens is 192 g/mol. The molecule has 90 valence electrons. The summed E-state index contributed by atoms with van der Waals surface area (Å²) in [6.45, 7) is 3.53. The van der Waals surface area contributed by atoms with Gasteiger partial charge in [0.15, 0.2) is 6.29 Å². The van der Waals surface area contributed by atoms with Crippen LogP contribution < -0.4 is 11.1 Å². The van der Waals surface area contributed by atoms with Crippen LogP contribution in [-0.2, 0) is 9.47 Å². The van der Waals surface area contributed by atoms with E-state index < -0.39 is 0 Å². The first-order chi connectivity index (χ1) is 7.16. The maximum atomic E-state index is 5.77. The number of hydrogen-bond donors (Lipinski definition) is 2. The maximum absolute atomic E-state index is 5.77. The van der Waals surface area contributed by atoms with E-state index in [-0.39, 0.29) is 11.8 Å². The minimum absolute atomic E-state index is 0.290. The lowest BCUT2D eigenvalue weighted by Crippen LogP contribution is -2.58. The van der Waals surface area contributed by atoms with Crippen LogP contribution in [0.2, 0.25) is 0 Å². The van der Waals surface area contributed by atoms with E-state index in [1.807, 2.05) is 6.92 Å². The smallest absolute Gasteiger partial charge is 0.175 e. The van der Waals surface area contributed by atoms with Gasteiger partial charge in [-0.1, -0.05) is 12.8 Å². The monoisotopic (exact) mass is 216 g/mol. The van der Waals surface area contributed by atoms with Crippen LogP contribution >= 0.6 is 0 Å². The molecule has 4 nitrogen and oxygen atoms in total. The Morgan fingerprint density at radius 3 is 2.40 bits per heavy atom. The average molecular weight is 216 g/mol. The van der Waals surface area contributed by atoms with Crippen LogP contribution in [0, 0.1) is 5.92 Å². The molecule has 0 radical (unpaired) electrons. The van der Waals surface area contributed by atoms with Gasteiger partial charge in [0, 0.05) is 20.8 Å². The minimum Gasteiger partial charge on any atom is -0.354 e. The van der Waals surface area contributed by atoms with Crippen molar-refractivity contribution in [2.75, 3.05) is 27.3 Å². The lowest BCUT2D eigenvalue weighted by atomic mass is 10.0. The zero-order valence-electron chi connectivity index (χ0n) is 10.1. The molecule has 0 aliphatic heterocycles. The molecule has 1 aliphatic carbocycles. The summed E-state index contributed by atoms with van der Waals surface area (Å²) in [6, 6.07) is 0. The molecule has 0 amide bonds. The molecule has 0 aromatic rings. The van der Waals surface area contributed by atoms with Gasteiger partial charge in [-0.05, 0) is 25.8 Å². The van der Waals surface area contributed by atoms with Gasteiger partial charge in [0.1, 0.15) is 0 Å². The molecule has 1 aliphatic rings. The topological polar surface area (TPSA) is 56.5 Å². The van der Waals surface area contributed by atoms with Crippen molar-refractivity contribution in [1.29, 1.82) is 0 Å². The highest BCUT2D eigenvalue weighted by Gasteiger charge is 2.33. The highest BCUT2D eigenvalue weighted by Crippen LogP contribution is 2.32. The summed E-state index contributed by atoms with van der Waals surface area (Å²) in [5.74, 6) is 0.933. The molecule has 0 heterocycles. The van der Waals surface area contributed by atoms with Crippen molar-refractivity contribution in [2.45, 2.75) is 38.0 Å². The van der Waals surface area contributed by atoms with Gasteiger partial charge >= 0.3 is 0 Å². The summed E-state index contributed by atoms with van der Waals surface area (Å²) in [5.41, 5.74) is 5.48. The first-order valence-corrected chi connectivity index (χ1v) is 5.67. The van der Waals surface area contributed by atoms with Crippen molar-refractivity contribution in [3.8, 4) is 0 Å². The van der Waals surface area contributed by atoms with Crippen molar-refractivity contribution in [3.63, 3.8) is 0 Å². The Bertz CT molecular complexity index is 181. The Morgan fingerprint density at radius 1 is 1.40 bits per heavy atom. The van der Waals surface area contributed by atoms with E-state index in [0.29, 0.717) is 6.54 Å².